The van der Waals surface area contributed by atoms with E-state index in [0.29, 0.717) is 13.0 Å². The van der Waals surface area contributed by atoms with Crippen LogP contribution in [-0.2, 0) is 17.8 Å². The van der Waals surface area contributed by atoms with Gasteiger partial charge in [-0.1, -0.05) is 6.07 Å². The van der Waals surface area contributed by atoms with Crippen molar-refractivity contribution in [3.63, 3.8) is 0 Å². The highest BCUT2D eigenvalue weighted by atomic mass is 32.2. The highest BCUT2D eigenvalue weighted by molar-refractivity contribution is 7.99. The Bertz CT molecular complexity index is 832. The van der Waals surface area contributed by atoms with Crippen LogP contribution in [0.1, 0.15) is 28.5 Å². The minimum Gasteiger partial charge on any atom is -0.497 e. The largest absolute Gasteiger partial charge is 0.497 e. The summed E-state index contributed by atoms with van der Waals surface area (Å²) in [6, 6.07) is 12.1. The number of hydrogen-bond acceptors (Lipinski definition) is 5. The maximum atomic E-state index is 12.8. The first-order valence-corrected chi connectivity index (χ1v) is 10.1. The molecule has 0 saturated carbocycles. The first-order chi connectivity index (χ1) is 13.2. The van der Waals surface area contributed by atoms with Crippen molar-refractivity contribution in [3.05, 3.63) is 53.1 Å². The van der Waals surface area contributed by atoms with Crippen molar-refractivity contribution in [2.45, 2.75) is 24.8 Å². The molecule has 0 bridgehead atoms. The van der Waals surface area contributed by atoms with E-state index in [1.165, 1.54) is 5.56 Å². The third-order valence-corrected chi connectivity index (χ3v) is 6.24. The molecular formula is C21H23NO4S. The van der Waals surface area contributed by atoms with Crippen LogP contribution in [-0.4, -0.2) is 37.4 Å². The third-order valence-electron chi connectivity index (χ3n) is 4.96. The van der Waals surface area contributed by atoms with Gasteiger partial charge in [-0.15, -0.1) is 11.8 Å². The standard InChI is InChI=1S/C21H23NO4S/c1-24-17-9-14(10-18(12-17)25-2)13-22-20(23)6-8-27-21(22)16-3-4-19-15(11-16)5-7-26-19/h3-4,9-12,21H,5-8,13H2,1-2H3. The molecule has 2 aromatic carbocycles. The average molecular weight is 385 g/mol. The molecule has 5 nitrogen and oxygen atoms in total. The van der Waals surface area contributed by atoms with E-state index in [0.717, 1.165) is 47.2 Å². The van der Waals surface area contributed by atoms with Crippen molar-refractivity contribution in [2.24, 2.45) is 0 Å². The normalized spacial score (nSPS) is 18.8. The molecule has 0 aliphatic carbocycles. The molecule has 2 aromatic rings. The Morgan fingerprint density at radius 2 is 1.89 bits per heavy atom. The van der Waals surface area contributed by atoms with E-state index >= 15 is 0 Å². The first-order valence-electron chi connectivity index (χ1n) is 9.06. The Morgan fingerprint density at radius 3 is 2.63 bits per heavy atom. The number of nitrogens with zero attached hydrogens (tertiary/aromatic N) is 1. The molecule has 27 heavy (non-hydrogen) atoms. The number of fused-ring (bicyclic) bond motifs is 1. The monoisotopic (exact) mass is 385 g/mol. The van der Waals surface area contributed by atoms with E-state index in [1.54, 1.807) is 14.2 Å². The smallest absolute Gasteiger partial charge is 0.224 e. The maximum absolute atomic E-state index is 12.8. The van der Waals surface area contributed by atoms with Gasteiger partial charge in [-0.25, -0.2) is 0 Å². The van der Waals surface area contributed by atoms with Crippen LogP contribution in [0, 0.1) is 0 Å². The maximum Gasteiger partial charge on any atom is 0.224 e. The van der Waals surface area contributed by atoms with Crippen LogP contribution in [0.2, 0.25) is 0 Å². The second kappa shape index (κ2) is 7.72. The second-order valence-corrected chi connectivity index (χ2v) is 7.87. The topological polar surface area (TPSA) is 48.0 Å². The number of hydrogen-bond donors (Lipinski definition) is 0. The summed E-state index contributed by atoms with van der Waals surface area (Å²) in [5.41, 5.74) is 3.39. The lowest BCUT2D eigenvalue weighted by molar-refractivity contribution is -0.132. The fraction of sp³-hybridized carbons (Fsp3) is 0.381. The van der Waals surface area contributed by atoms with Gasteiger partial charge in [-0.3, -0.25) is 4.79 Å². The zero-order valence-electron chi connectivity index (χ0n) is 15.6. The van der Waals surface area contributed by atoms with Crippen LogP contribution in [0.3, 0.4) is 0 Å². The summed E-state index contributed by atoms with van der Waals surface area (Å²) in [5, 5.41) is 0.00865. The number of benzene rings is 2. The van der Waals surface area contributed by atoms with Gasteiger partial charge in [-0.05, 0) is 41.0 Å². The van der Waals surface area contributed by atoms with Gasteiger partial charge in [0.15, 0.2) is 0 Å². The molecule has 4 rings (SSSR count). The number of carbonyl (C=O) groups is 1. The molecule has 1 saturated heterocycles. The number of amides is 1. The molecule has 2 heterocycles. The predicted octanol–water partition coefficient (Wildman–Crippen LogP) is 3.80. The summed E-state index contributed by atoms with van der Waals surface area (Å²) >= 11 is 1.81. The van der Waals surface area contributed by atoms with E-state index in [9.17, 15) is 4.79 Å². The molecule has 0 radical (unpaired) electrons. The van der Waals surface area contributed by atoms with Crippen molar-refractivity contribution in [1.82, 2.24) is 4.90 Å². The zero-order chi connectivity index (χ0) is 18.8. The summed E-state index contributed by atoms with van der Waals surface area (Å²) in [6.07, 6.45) is 1.50. The summed E-state index contributed by atoms with van der Waals surface area (Å²) in [6.45, 7) is 1.26. The lowest BCUT2D eigenvalue weighted by atomic mass is 10.1. The molecule has 6 heteroatoms. The van der Waals surface area contributed by atoms with Gasteiger partial charge in [0, 0.05) is 31.2 Å². The van der Waals surface area contributed by atoms with Crippen LogP contribution in [0.4, 0.5) is 0 Å². The molecule has 2 aliphatic rings. The number of thioether (sulfide) groups is 1. The lowest BCUT2D eigenvalue weighted by Gasteiger charge is -2.35. The van der Waals surface area contributed by atoms with Crippen molar-refractivity contribution < 1.29 is 19.0 Å². The Labute approximate surface area is 163 Å². The summed E-state index contributed by atoms with van der Waals surface area (Å²) in [7, 11) is 3.27. The second-order valence-electron chi connectivity index (χ2n) is 6.68. The van der Waals surface area contributed by atoms with Gasteiger partial charge in [0.25, 0.3) is 0 Å². The minimum atomic E-state index is 0.00865. The van der Waals surface area contributed by atoms with Crippen LogP contribution in [0.25, 0.3) is 0 Å². The number of carbonyl (C=O) groups excluding carboxylic acids is 1. The molecule has 1 amide bonds. The fourth-order valence-electron chi connectivity index (χ4n) is 3.58. The van der Waals surface area contributed by atoms with Crippen LogP contribution in [0.5, 0.6) is 17.2 Å². The Morgan fingerprint density at radius 1 is 1.11 bits per heavy atom. The van der Waals surface area contributed by atoms with E-state index in [2.05, 4.69) is 12.1 Å². The van der Waals surface area contributed by atoms with E-state index in [4.69, 9.17) is 14.2 Å². The summed E-state index contributed by atoms with van der Waals surface area (Å²) in [5.74, 6) is 3.45. The van der Waals surface area contributed by atoms with Crippen molar-refractivity contribution in [1.29, 1.82) is 0 Å². The van der Waals surface area contributed by atoms with Gasteiger partial charge in [0.2, 0.25) is 5.91 Å². The van der Waals surface area contributed by atoms with Gasteiger partial charge < -0.3 is 19.1 Å². The zero-order valence-corrected chi connectivity index (χ0v) is 16.4. The number of methoxy groups -OCH3 is 2. The Balaban J connectivity index is 1.63. The van der Waals surface area contributed by atoms with Crippen molar-refractivity contribution in [3.8, 4) is 17.2 Å². The molecule has 0 N–H and O–H groups in total. The molecule has 1 unspecified atom stereocenters. The van der Waals surface area contributed by atoms with Crippen molar-refractivity contribution >= 4 is 17.7 Å². The molecule has 0 aromatic heterocycles. The number of ether oxygens (including phenoxy) is 3. The molecular weight excluding hydrogens is 362 g/mol. The summed E-state index contributed by atoms with van der Waals surface area (Å²) < 4.78 is 16.4. The molecule has 142 valence electrons. The van der Waals surface area contributed by atoms with Crippen LogP contribution >= 0.6 is 11.8 Å². The Kier molecular flexibility index (Phi) is 5.16. The fourth-order valence-corrected chi connectivity index (χ4v) is 4.81. The molecule has 1 atom stereocenters. The van der Waals surface area contributed by atoms with Gasteiger partial charge in [0.05, 0.1) is 20.8 Å². The predicted molar refractivity (Wildman–Crippen MR) is 106 cm³/mol. The molecule has 0 spiro atoms. The van der Waals surface area contributed by atoms with Crippen molar-refractivity contribution in [2.75, 3.05) is 26.6 Å². The SMILES string of the molecule is COc1cc(CN2C(=O)CCSC2c2ccc3c(c2)CCO3)cc(OC)c1. The highest BCUT2D eigenvalue weighted by Crippen LogP contribution is 2.40. The molecule has 2 aliphatic heterocycles. The van der Waals surface area contributed by atoms with E-state index in [1.807, 2.05) is 40.9 Å². The highest BCUT2D eigenvalue weighted by Gasteiger charge is 2.31. The summed E-state index contributed by atoms with van der Waals surface area (Å²) in [4.78, 5) is 14.7. The van der Waals surface area contributed by atoms with Gasteiger partial charge in [0.1, 0.15) is 22.6 Å². The van der Waals surface area contributed by atoms with Crippen LogP contribution < -0.4 is 14.2 Å². The van der Waals surface area contributed by atoms with Gasteiger partial charge >= 0.3 is 0 Å². The first kappa shape index (κ1) is 18.0. The Hall–Kier alpha value is -2.34. The quantitative estimate of drug-likeness (QED) is 0.783. The third kappa shape index (κ3) is 3.72. The molecule has 1 fully saturated rings. The average Bonchev–Trinajstić information content (AvgIpc) is 3.17. The van der Waals surface area contributed by atoms with E-state index in [-0.39, 0.29) is 11.3 Å². The van der Waals surface area contributed by atoms with Gasteiger partial charge in [-0.2, -0.15) is 0 Å². The lowest BCUT2D eigenvalue weighted by Crippen LogP contribution is -2.36. The number of rotatable bonds is 5. The van der Waals surface area contributed by atoms with Crippen LogP contribution in [0.15, 0.2) is 36.4 Å². The van der Waals surface area contributed by atoms with E-state index < -0.39 is 0 Å². The minimum absolute atomic E-state index is 0.00865.